The van der Waals surface area contributed by atoms with E-state index < -0.39 is 0 Å². The summed E-state index contributed by atoms with van der Waals surface area (Å²) in [6, 6.07) is 23.3. The van der Waals surface area contributed by atoms with E-state index in [1.165, 1.54) is 0 Å². The Bertz CT molecular complexity index is 1220. The minimum Gasteiger partial charge on any atom is -0.497 e. The molecule has 3 aromatic carbocycles. The predicted molar refractivity (Wildman–Crippen MR) is 130 cm³/mol. The first-order valence-electron chi connectivity index (χ1n) is 11.3. The fraction of sp³-hybridized carbons (Fsp3) is 0.259. The van der Waals surface area contributed by atoms with Crippen molar-refractivity contribution in [1.82, 2.24) is 14.9 Å². The molecule has 0 aliphatic carbocycles. The van der Waals surface area contributed by atoms with Crippen molar-refractivity contribution in [3.8, 4) is 11.5 Å². The Morgan fingerprint density at radius 2 is 1.82 bits per heavy atom. The third kappa shape index (κ3) is 5.52. The molecule has 0 aliphatic rings. The fourth-order valence-corrected chi connectivity index (χ4v) is 3.71. The molecule has 6 nitrogen and oxygen atoms in total. The van der Waals surface area contributed by atoms with Crippen molar-refractivity contribution in [2.45, 2.75) is 32.9 Å². The molecule has 0 radical (unpaired) electrons. The average Bonchev–Trinajstić information content (AvgIpc) is 3.20. The van der Waals surface area contributed by atoms with Gasteiger partial charge in [-0.15, -0.1) is 0 Å². The third-order valence-electron chi connectivity index (χ3n) is 5.49. The molecule has 1 aromatic heterocycles. The molecular formula is C27H29N3O3. The quantitative estimate of drug-likeness (QED) is 0.342. The molecule has 4 rings (SSSR count). The first kappa shape index (κ1) is 22.4. The van der Waals surface area contributed by atoms with Gasteiger partial charge in [-0.2, -0.15) is 0 Å². The van der Waals surface area contributed by atoms with Crippen molar-refractivity contribution in [3.63, 3.8) is 0 Å². The number of unbranched alkanes of at least 4 members (excludes halogenated alkanes) is 1. The van der Waals surface area contributed by atoms with Crippen LogP contribution in [0.3, 0.4) is 0 Å². The SMILES string of the molecule is CCCCNC(=O)c1ccc2c(c1)nc(COc1ccccc1)n2Cc1cccc(OC)c1. The number of fused-ring (bicyclic) bond motifs is 1. The molecule has 0 spiro atoms. The number of methoxy groups -OCH3 is 1. The van der Waals surface area contributed by atoms with Crippen molar-refractivity contribution in [3.05, 3.63) is 89.7 Å². The van der Waals surface area contributed by atoms with Crippen LogP contribution in [0, 0.1) is 0 Å². The van der Waals surface area contributed by atoms with Crippen molar-refractivity contribution in [1.29, 1.82) is 0 Å². The van der Waals surface area contributed by atoms with Crippen LogP contribution in [0.1, 0.15) is 41.5 Å². The molecule has 0 saturated heterocycles. The van der Waals surface area contributed by atoms with E-state index in [1.54, 1.807) is 7.11 Å². The minimum absolute atomic E-state index is 0.0743. The minimum atomic E-state index is -0.0743. The van der Waals surface area contributed by atoms with Crippen LogP contribution < -0.4 is 14.8 Å². The zero-order valence-electron chi connectivity index (χ0n) is 19.1. The number of imidazole rings is 1. The van der Waals surface area contributed by atoms with E-state index in [0.717, 1.165) is 46.8 Å². The number of hydrogen-bond donors (Lipinski definition) is 1. The van der Waals surface area contributed by atoms with Crippen LogP contribution >= 0.6 is 0 Å². The van der Waals surface area contributed by atoms with Gasteiger partial charge in [-0.3, -0.25) is 4.79 Å². The van der Waals surface area contributed by atoms with Crippen molar-refractivity contribution < 1.29 is 14.3 Å². The van der Waals surface area contributed by atoms with Crippen molar-refractivity contribution in [2.24, 2.45) is 0 Å². The first-order valence-corrected chi connectivity index (χ1v) is 11.3. The molecule has 4 aromatic rings. The number of carbonyl (C=O) groups is 1. The molecule has 33 heavy (non-hydrogen) atoms. The van der Waals surface area contributed by atoms with Crippen LogP contribution in [0.5, 0.6) is 11.5 Å². The summed E-state index contributed by atoms with van der Waals surface area (Å²) >= 11 is 0. The molecular weight excluding hydrogens is 414 g/mol. The second kappa shape index (κ2) is 10.7. The van der Waals surface area contributed by atoms with Gasteiger partial charge >= 0.3 is 0 Å². The van der Waals surface area contributed by atoms with E-state index in [9.17, 15) is 4.79 Å². The highest BCUT2D eigenvalue weighted by atomic mass is 16.5. The number of para-hydroxylation sites is 1. The van der Waals surface area contributed by atoms with Gasteiger partial charge in [0.2, 0.25) is 0 Å². The monoisotopic (exact) mass is 443 g/mol. The van der Waals surface area contributed by atoms with Gasteiger partial charge in [0.05, 0.1) is 18.1 Å². The van der Waals surface area contributed by atoms with Gasteiger partial charge in [0, 0.05) is 18.7 Å². The Hall–Kier alpha value is -3.80. The number of nitrogens with zero attached hydrogens (tertiary/aromatic N) is 2. The van der Waals surface area contributed by atoms with Crippen LogP contribution in [-0.4, -0.2) is 29.1 Å². The van der Waals surface area contributed by atoms with Gasteiger partial charge in [-0.05, 0) is 54.4 Å². The summed E-state index contributed by atoms with van der Waals surface area (Å²) in [5.74, 6) is 2.31. The summed E-state index contributed by atoms with van der Waals surface area (Å²) in [7, 11) is 1.66. The highest BCUT2D eigenvalue weighted by Crippen LogP contribution is 2.23. The van der Waals surface area contributed by atoms with E-state index in [1.807, 2.05) is 66.7 Å². The normalized spacial score (nSPS) is 10.8. The maximum absolute atomic E-state index is 12.5. The molecule has 0 saturated carbocycles. The summed E-state index contributed by atoms with van der Waals surface area (Å²) in [5, 5.41) is 2.97. The lowest BCUT2D eigenvalue weighted by Crippen LogP contribution is -2.24. The zero-order chi connectivity index (χ0) is 23.0. The number of nitrogens with one attached hydrogen (secondary N) is 1. The fourth-order valence-electron chi connectivity index (χ4n) is 3.71. The summed E-state index contributed by atoms with van der Waals surface area (Å²) in [6.45, 7) is 3.71. The summed E-state index contributed by atoms with van der Waals surface area (Å²) < 4.78 is 13.5. The molecule has 1 heterocycles. The second-order valence-corrected chi connectivity index (χ2v) is 7.88. The maximum atomic E-state index is 12.5. The molecule has 1 amide bonds. The summed E-state index contributed by atoms with van der Waals surface area (Å²) in [5.41, 5.74) is 3.43. The first-order chi connectivity index (χ1) is 16.2. The number of hydrogen-bond acceptors (Lipinski definition) is 4. The maximum Gasteiger partial charge on any atom is 0.251 e. The van der Waals surface area contributed by atoms with Gasteiger partial charge in [0.1, 0.15) is 23.9 Å². The van der Waals surface area contributed by atoms with Crippen LogP contribution in [-0.2, 0) is 13.2 Å². The van der Waals surface area contributed by atoms with E-state index in [-0.39, 0.29) is 5.91 Å². The van der Waals surface area contributed by atoms with Crippen molar-refractivity contribution in [2.75, 3.05) is 13.7 Å². The molecule has 0 aliphatic heterocycles. The zero-order valence-corrected chi connectivity index (χ0v) is 19.1. The van der Waals surface area contributed by atoms with Crippen LogP contribution in [0.15, 0.2) is 72.8 Å². The molecule has 0 unspecified atom stereocenters. The van der Waals surface area contributed by atoms with E-state index in [0.29, 0.717) is 25.3 Å². The van der Waals surface area contributed by atoms with E-state index in [4.69, 9.17) is 14.5 Å². The number of ether oxygens (including phenoxy) is 2. The number of aromatic nitrogens is 2. The van der Waals surface area contributed by atoms with Gasteiger partial charge in [0.25, 0.3) is 5.91 Å². The number of amides is 1. The lowest BCUT2D eigenvalue weighted by molar-refractivity contribution is 0.0953. The number of carbonyl (C=O) groups excluding carboxylic acids is 1. The summed E-state index contributed by atoms with van der Waals surface area (Å²) in [4.78, 5) is 17.4. The van der Waals surface area contributed by atoms with E-state index >= 15 is 0 Å². The van der Waals surface area contributed by atoms with Gasteiger partial charge in [-0.25, -0.2) is 4.98 Å². The molecule has 0 atom stereocenters. The smallest absolute Gasteiger partial charge is 0.251 e. The molecule has 0 fully saturated rings. The van der Waals surface area contributed by atoms with Gasteiger partial charge in [0.15, 0.2) is 0 Å². The average molecular weight is 444 g/mol. The lowest BCUT2D eigenvalue weighted by Gasteiger charge is -2.12. The molecule has 1 N–H and O–H groups in total. The van der Waals surface area contributed by atoms with E-state index in [2.05, 4.69) is 22.9 Å². The molecule has 0 bridgehead atoms. The Balaban J connectivity index is 1.65. The lowest BCUT2D eigenvalue weighted by atomic mass is 10.1. The number of rotatable bonds is 10. The Morgan fingerprint density at radius 3 is 2.61 bits per heavy atom. The highest BCUT2D eigenvalue weighted by Gasteiger charge is 2.15. The van der Waals surface area contributed by atoms with Crippen LogP contribution in [0.2, 0.25) is 0 Å². The van der Waals surface area contributed by atoms with Crippen molar-refractivity contribution >= 4 is 16.9 Å². The van der Waals surface area contributed by atoms with Crippen LogP contribution in [0.25, 0.3) is 11.0 Å². The third-order valence-corrected chi connectivity index (χ3v) is 5.49. The topological polar surface area (TPSA) is 65.4 Å². The molecule has 6 heteroatoms. The Labute approximate surface area is 194 Å². The number of benzene rings is 3. The van der Waals surface area contributed by atoms with Crippen LogP contribution in [0.4, 0.5) is 0 Å². The largest absolute Gasteiger partial charge is 0.497 e. The molecule has 170 valence electrons. The second-order valence-electron chi connectivity index (χ2n) is 7.88. The Kier molecular flexibility index (Phi) is 7.25. The Morgan fingerprint density at radius 1 is 1.00 bits per heavy atom. The van der Waals surface area contributed by atoms with Gasteiger partial charge < -0.3 is 19.4 Å². The summed E-state index contributed by atoms with van der Waals surface area (Å²) in [6.07, 6.45) is 2.00. The highest BCUT2D eigenvalue weighted by molar-refractivity contribution is 5.97. The standard InChI is InChI=1S/C27H29N3O3/c1-3-4-15-28-27(31)21-13-14-25-24(17-21)29-26(19-33-22-10-6-5-7-11-22)30(25)18-20-9-8-12-23(16-20)32-2/h5-14,16-17H,3-4,15,18-19H2,1-2H3,(H,28,31). The predicted octanol–water partition coefficient (Wildman–Crippen LogP) is 5.20. The van der Waals surface area contributed by atoms with Gasteiger partial charge in [-0.1, -0.05) is 43.7 Å².